The monoisotopic (exact) mass is 225 g/mol. The van der Waals surface area contributed by atoms with E-state index in [4.69, 9.17) is 16.9 Å². The predicted molar refractivity (Wildman–Crippen MR) is 70.9 cm³/mol. The number of fused-ring (bicyclic) bond motifs is 1. The Bertz CT molecular complexity index is 567. The lowest BCUT2D eigenvalue weighted by Gasteiger charge is -2.15. The number of rotatable bonds is 3. The zero-order chi connectivity index (χ0) is 12.3. The van der Waals surface area contributed by atoms with E-state index in [0.717, 1.165) is 22.1 Å². The van der Waals surface area contributed by atoms with Crippen LogP contribution >= 0.6 is 0 Å². The summed E-state index contributed by atoms with van der Waals surface area (Å²) in [5, 5.41) is 2.18. The number of benzene rings is 2. The molecular formula is C15H15NO. The van der Waals surface area contributed by atoms with Crippen molar-refractivity contribution in [1.82, 2.24) is 0 Å². The Hall–Kier alpha value is -1.98. The Labute approximate surface area is 101 Å². The molecule has 0 aliphatic rings. The highest BCUT2D eigenvalue weighted by atomic mass is 16.5. The largest absolute Gasteiger partial charge is 0.480 e. The maximum Gasteiger partial charge on any atom is 0.148 e. The van der Waals surface area contributed by atoms with Crippen molar-refractivity contribution in [3.63, 3.8) is 0 Å². The summed E-state index contributed by atoms with van der Waals surface area (Å²) in [4.78, 5) is 0. The summed E-state index contributed by atoms with van der Waals surface area (Å²) < 4.78 is 5.64. The van der Waals surface area contributed by atoms with Crippen molar-refractivity contribution in [3.8, 4) is 18.1 Å². The van der Waals surface area contributed by atoms with Crippen LogP contribution in [0.4, 0.5) is 0 Å². The lowest BCUT2D eigenvalue weighted by Crippen LogP contribution is -2.08. The van der Waals surface area contributed by atoms with Crippen LogP contribution in [0.3, 0.4) is 0 Å². The zero-order valence-electron chi connectivity index (χ0n) is 9.81. The minimum Gasteiger partial charge on any atom is -0.480 e. The second-order valence-corrected chi connectivity index (χ2v) is 3.99. The molecule has 86 valence electrons. The van der Waals surface area contributed by atoms with Crippen LogP contribution in [0.5, 0.6) is 5.75 Å². The van der Waals surface area contributed by atoms with Gasteiger partial charge in [-0.05, 0) is 12.3 Å². The molecule has 2 aromatic rings. The second kappa shape index (κ2) is 4.90. The standard InChI is InChI=1S/C15H15NO/c1-3-10-17-15-13(11(2)16)9-8-12-6-4-5-7-14(12)15/h1,4-9,11H,10,16H2,2H3/t11-/m1/s1. The van der Waals surface area contributed by atoms with Crippen molar-refractivity contribution >= 4 is 10.8 Å². The fourth-order valence-electron chi connectivity index (χ4n) is 1.89. The summed E-state index contributed by atoms with van der Waals surface area (Å²) in [7, 11) is 0. The van der Waals surface area contributed by atoms with Gasteiger partial charge in [-0.15, -0.1) is 6.42 Å². The molecule has 0 saturated heterocycles. The van der Waals surface area contributed by atoms with Crippen LogP contribution in [0.15, 0.2) is 36.4 Å². The van der Waals surface area contributed by atoms with E-state index < -0.39 is 0 Å². The van der Waals surface area contributed by atoms with Crippen LogP contribution < -0.4 is 10.5 Å². The van der Waals surface area contributed by atoms with Crippen LogP contribution in [0.25, 0.3) is 10.8 Å². The molecule has 2 nitrogen and oxygen atoms in total. The molecule has 0 heterocycles. The Kier molecular flexibility index (Phi) is 3.32. The number of ether oxygens (including phenoxy) is 1. The van der Waals surface area contributed by atoms with Gasteiger partial charge < -0.3 is 10.5 Å². The molecule has 1 atom stereocenters. The van der Waals surface area contributed by atoms with Gasteiger partial charge in [0.25, 0.3) is 0 Å². The number of hydrogen-bond donors (Lipinski definition) is 1. The third kappa shape index (κ3) is 2.25. The number of terminal acetylenes is 1. The zero-order valence-corrected chi connectivity index (χ0v) is 9.81. The first-order valence-electron chi connectivity index (χ1n) is 5.57. The van der Waals surface area contributed by atoms with Gasteiger partial charge >= 0.3 is 0 Å². The Morgan fingerprint density at radius 2 is 2.06 bits per heavy atom. The van der Waals surface area contributed by atoms with Crippen molar-refractivity contribution in [2.45, 2.75) is 13.0 Å². The molecule has 17 heavy (non-hydrogen) atoms. The van der Waals surface area contributed by atoms with Crippen LogP contribution in [0, 0.1) is 12.3 Å². The molecule has 0 aromatic heterocycles. The maximum absolute atomic E-state index is 5.95. The average Bonchev–Trinajstić information content (AvgIpc) is 2.35. The molecule has 0 amide bonds. The third-order valence-corrected chi connectivity index (χ3v) is 2.70. The molecule has 0 fully saturated rings. The molecule has 2 rings (SSSR count). The van der Waals surface area contributed by atoms with E-state index in [1.165, 1.54) is 0 Å². The minimum atomic E-state index is -0.0765. The normalized spacial score (nSPS) is 12.1. The molecule has 0 radical (unpaired) electrons. The lowest BCUT2D eigenvalue weighted by molar-refractivity contribution is 0.368. The van der Waals surface area contributed by atoms with Gasteiger partial charge in [-0.25, -0.2) is 0 Å². The van der Waals surface area contributed by atoms with E-state index >= 15 is 0 Å². The van der Waals surface area contributed by atoms with Gasteiger partial charge in [-0.3, -0.25) is 0 Å². The first-order chi connectivity index (χ1) is 8.24. The van der Waals surface area contributed by atoms with Crippen LogP contribution in [0.2, 0.25) is 0 Å². The summed E-state index contributed by atoms with van der Waals surface area (Å²) in [5.41, 5.74) is 6.93. The topological polar surface area (TPSA) is 35.2 Å². The lowest BCUT2D eigenvalue weighted by atomic mass is 10.0. The summed E-state index contributed by atoms with van der Waals surface area (Å²) in [5.74, 6) is 3.29. The van der Waals surface area contributed by atoms with Crippen molar-refractivity contribution in [3.05, 3.63) is 42.0 Å². The molecular weight excluding hydrogens is 210 g/mol. The van der Waals surface area contributed by atoms with Crippen molar-refractivity contribution < 1.29 is 4.74 Å². The van der Waals surface area contributed by atoms with Gasteiger partial charge in [0.05, 0.1) is 0 Å². The highest BCUT2D eigenvalue weighted by molar-refractivity contribution is 5.89. The Balaban J connectivity index is 2.62. The molecule has 0 bridgehead atoms. The summed E-state index contributed by atoms with van der Waals surface area (Å²) in [6.45, 7) is 2.20. The van der Waals surface area contributed by atoms with Crippen molar-refractivity contribution in [2.24, 2.45) is 5.73 Å². The molecule has 0 unspecified atom stereocenters. The maximum atomic E-state index is 5.95. The van der Waals surface area contributed by atoms with Gasteiger partial charge in [0, 0.05) is 17.0 Å². The van der Waals surface area contributed by atoms with Crippen LogP contribution in [0.1, 0.15) is 18.5 Å². The smallest absolute Gasteiger partial charge is 0.148 e. The average molecular weight is 225 g/mol. The van der Waals surface area contributed by atoms with Gasteiger partial charge in [0.15, 0.2) is 0 Å². The molecule has 2 aromatic carbocycles. The molecule has 0 aliphatic heterocycles. The number of hydrogen-bond acceptors (Lipinski definition) is 2. The van der Waals surface area contributed by atoms with Gasteiger partial charge in [0.2, 0.25) is 0 Å². The quantitative estimate of drug-likeness (QED) is 0.815. The first-order valence-corrected chi connectivity index (χ1v) is 5.57. The van der Waals surface area contributed by atoms with Gasteiger partial charge in [-0.2, -0.15) is 0 Å². The molecule has 2 N–H and O–H groups in total. The SMILES string of the molecule is C#CCOc1c([C@@H](C)N)ccc2ccccc12. The van der Waals surface area contributed by atoms with E-state index in [1.807, 2.05) is 37.3 Å². The molecule has 0 saturated carbocycles. The third-order valence-electron chi connectivity index (χ3n) is 2.70. The van der Waals surface area contributed by atoms with Crippen molar-refractivity contribution in [1.29, 1.82) is 0 Å². The fourth-order valence-corrected chi connectivity index (χ4v) is 1.89. The summed E-state index contributed by atoms with van der Waals surface area (Å²) >= 11 is 0. The Morgan fingerprint density at radius 3 is 2.76 bits per heavy atom. The van der Waals surface area contributed by atoms with Gasteiger partial charge in [0.1, 0.15) is 12.4 Å². The first kappa shape index (κ1) is 11.5. The highest BCUT2D eigenvalue weighted by Gasteiger charge is 2.11. The van der Waals surface area contributed by atoms with E-state index in [1.54, 1.807) is 0 Å². The highest BCUT2D eigenvalue weighted by Crippen LogP contribution is 2.32. The number of nitrogens with two attached hydrogens (primary N) is 1. The minimum absolute atomic E-state index is 0.0765. The fraction of sp³-hybridized carbons (Fsp3) is 0.200. The predicted octanol–water partition coefficient (Wildman–Crippen LogP) is 2.87. The van der Waals surface area contributed by atoms with E-state index in [0.29, 0.717) is 0 Å². The second-order valence-electron chi connectivity index (χ2n) is 3.99. The molecule has 0 aliphatic carbocycles. The summed E-state index contributed by atoms with van der Waals surface area (Å²) in [6, 6.07) is 12.0. The van der Waals surface area contributed by atoms with Crippen LogP contribution in [-0.4, -0.2) is 6.61 Å². The van der Waals surface area contributed by atoms with E-state index in [9.17, 15) is 0 Å². The molecule has 0 spiro atoms. The Morgan fingerprint density at radius 1 is 1.29 bits per heavy atom. The van der Waals surface area contributed by atoms with Gasteiger partial charge in [-0.1, -0.05) is 42.3 Å². The van der Waals surface area contributed by atoms with Crippen LogP contribution in [-0.2, 0) is 0 Å². The van der Waals surface area contributed by atoms with Crippen molar-refractivity contribution in [2.75, 3.05) is 6.61 Å². The summed E-state index contributed by atoms with van der Waals surface area (Å²) in [6.07, 6.45) is 5.24. The van der Waals surface area contributed by atoms with E-state index in [2.05, 4.69) is 12.0 Å². The van der Waals surface area contributed by atoms with E-state index in [-0.39, 0.29) is 12.6 Å². The molecule has 2 heteroatoms.